The predicted molar refractivity (Wildman–Crippen MR) is 45.1 cm³/mol. The number of ether oxygens (including phenoxy) is 1. The first kappa shape index (κ1) is 8.72. The average Bonchev–Trinajstić information content (AvgIpc) is 2.76. The van der Waals surface area contributed by atoms with Crippen LogP contribution in [-0.2, 0) is 17.8 Å². The van der Waals surface area contributed by atoms with Crippen LogP contribution >= 0.6 is 0 Å². The van der Waals surface area contributed by atoms with Gasteiger partial charge >= 0.3 is 0 Å². The Labute approximate surface area is 76.5 Å². The van der Waals surface area contributed by atoms with Crippen molar-refractivity contribution in [2.24, 2.45) is 5.92 Å². The van der Waals surface area contributed by atoms with Crippen LogP contribution < -0.4 is 0 Å². The van der Waals surface area contributed by atoms with Crippen LogP contribution in [0.2, 0.25) is 0 Å². The van der Waals surface area contributed by atoms with E-state index in [1.165, 1.54) is 6.26 Å². The van der Waals surface area contributed by atoms with Gasteiger partial charge in [0.15, 0.2) is 5.89 Å². The van der Waals surface area contributed by atoms with Gasteiger partial charge in [0, 0.05) is 19.6 Å². The number of hydrogen-bond acceptors (Lipinski definition) is 4. The molecule has 4 nitrogen and oxygen atoms in total. The quantitative estimate of drug-likeness (QED) is 0.751. The second kappa shape index (κ2) is 3.89. The molecule has 0 spiro atoms. The van der Waals surface area contributed by atoms with Crippen molar-refractivity contribution in [1.29, 1.82) is 0 Å². The van der Waals surface area contributed by atoms with E-state index in [9.17, 15) is 0 Å². The van der Waals surface area contributed by atoms with Crippen LogP contribution in [0.25, 0.3) is 0 Å². The molecule has 72 valence electrons. The Kier molecular flexibility index (Phi) is 2.61. The third-order valence-corrected chi connectivity index (χ3v) is 2.25. The maximum absolute atomic E-state index is 8.76. The molecule has 4 heteroatoms. The van der Waals surface area contributed by atoms with E-state index in [4.69, 9.17) is 14.3 Å². The molecule has 1 aromatic rings. The van der Waals surface area contributed by atoms with E-state index in [0.717, 1.165) is 26.1 Å². The van der Waals surface area contributed by atoms with Crippen molar-refractivity contribution in [3.05, 3.63) is 17.8 Å². The van der Waals surface area contributed by atoms with Crippen LogP contribution in [0.15, 0.2) is 10.7 Å². The molecule has 2 rings (SSSR count). The van der Waals surface area contributed by atoms with Crippen molar-refractivity contribution in [3.63, 3.8) is 0 Å². The molecule has 0 radical (unpaired) electrons. The molecule has 0 amide bonds. The summed E-state index contributed by atoms with van der Waals surface area (Å²) in [6.07, 6.45) is 3.40. The zero-order chi connectivity index (χ0) is 9.10. The highest BCUT2D eigenvalue weighted by Gasteiger charge is 2.18. The van der Waals surface area contributed by atoms with Gasteiger partial charge in [-0.3, -0.25) is 0 Å². The van der Waals surface area contributed by atoms with E-state index in [2.05, 4.69) is 4.98 Å². The molecular weight excluding hydrogens is 170 g/mol. The highest BCUT2D eigenvalue weighted by Crippen LogP contribution is 2.17. The zero-order valence-corrected chi connectivity index (χ0v) is 7.40. The summed E-state index contributed by atoms with van der Waals surface area (Å²) in [4.78, 5) is 4.12. The minimum atomic E-state index is -0.0509. The maximum atomic E-state index is 8.76. The molecule has 1 unspecified atom stereocenters. The Bertz CT molecular complexity index is 266. The van der Waals surface area contributed by atoms with Gasteiger partial charge < -0.3 is 14.3 Å². The first-order valence-electron chi connectivity index (χ1n) is 4.50. The van der Waals surface area contributed by atoms with Crippen molar-refractivity contribution in [3.8, 4) is 0 Å². The maximum Gasteiger partial charge on any atom is 0.194 e. The van der Waals surface area contributed by atoms with Gasteiger partial charge in [0.1, 0.15) is 12.0 Å². The molecule has 2 heterocycles. The molecule has 0 aliphatic carbocycles. The van der Waals surface area contributed by atoms with Crippen LogP contribution in [0, 0.1) is 5.92 Å². The van der Waals surface area contributed by atoms with Gasteiger partial charge in [-0.05, 0) is 12.3 Å². The minimum Gasteiger partial charge on any atom is -0.449 e. The SMILES string of the molecule is OCc1coc(CC2CCOC2)n1. The summed E-state index contributed by atoms with van der Waals surface area (Å²) < 4.78 is 10.4. The molecule has 1 fully saturated rings. The Morgan fingerprint density at radius 3 is 3.15 bits per heavy atom. The lowest BCUT2D eigenvalue weighted by Crippen LogP contribution is -2.03. The second-order valence-corrected chi connectivity index (χ2v) is 3.32. The second-order valence-electron chi connectivity index (χ2n) is 3.32. The first-order chi connectivity index (χ1) is 6.38. The lowest BCUT2D eigenvalue weighted by atomic mass is 10.1. The molecule has 1 N–H and O–H groups in total. The van der Waals surface area contributed by atoms with Crippen molar-refractivity contribution < 1.29 is 14.3 Å². The summed E-state index contributed by atoms with van der Waals surface area (Å²) in [6.45, 7) is 1.60. The fourth-order valence-electron chi connectivity index (χ4n) is 1.51. The van der Waals surface area contributed by atoms with E-state index in [1.54, 1.807) is 0 Å². The van der Waals surface area contributed by atoms with E-state index in [0.29, 0.717) is 17.5 Å². The van der Waals surface area contributed by atoms with Crippen molar-refractivity contribution in [1.82, 2.24) is 4.98 Å². The third kappa shape index (κ3) is 2.08. The molecule has 1 aromatic heterocycles. The highest BCUT2D eigenvalue weighted by atomic mass is 16.5. The fraction of sp³-hybridized carbons (Fsp3) is 0.667. The van der Waals surface area contributed by atoms with Gasteiger partial charge in [-0.25, -0.2) is 4.98 Å². The summed E-state index contributed by atoms with van der Waals surface area (Å²) in [7, 11) is 0. The van der Waals surface area contributed by atoms with Gasteiger partial charge in [0.2, 0.25) is 0 Å². The summed E-state index contributed by atoms with van der Waals surface area (Å²) in [6, 6.07) is 0. The number of oxazole rings is 1. The molecule has 13 heavy (non-hydrogen) atoms. The molecule has 0 bridgehead atoms. The number of nitrogens with zero attached hydrogens (tertiary/aromatic N) is 1. The first-order valence-corrected chi connectivity index (χ1v) is 4.50. The van der Waals surface area contributed by atoms with Crippen molar-refractivity contribution in [2.45, 2.75) is 19.4 Å². The van der Waals surface area contributed by atoms with Crippen LogP contribution in [0.3, 0.4) is 0 Å². The molecule has 1 saturated heterocycles. The monoisotopic (exact) mass is 183 g/mol. The van der Waals surface area contributed by atoms with E-state index < -0.39 is 0 Å². The number of aromatic nitrogens is 1. The van der Waals surface area contributed by atoms with Crippen LogP contribution in [-0.4, -0.2) is 23.3 Å². The third-order valence-electron chi connectivity index (χ3n) is 2.25. The Hall–Kier alpha value is -0.870. The van der Waals surface area contributed by atoms with Crippen LogP contribution in [0.4, 0.5) is 0 Å². The summed E-state index contributed by atoms with van der Waals surface area (Å²) in [5.41, 5.74) is 0.605. The fourth-order valence-corrected chi connectivity index (χ4v) is 1.51. The topological polar surface area (TPSA) is 55.5 Å². The van der Waals surface area contributed by atoms with Gasteiger partial charge in [-0.15, -0.1) is 0 Å². The normalized spacial score (nSPS) is 22.4. The Balaban J connectivity index is 1.92. The standard InChI is InChI=1S/C9H13NO3/c11-4-8-6-13-9(10-8)3-7-1-2-12-5-7/h6-7,11H,1-5H2. The molecule has 0 saturated carbocycles. The molecule has 1 aliphatic rings. The summed E-state index contributed by atoms with van der Waals surface area (Å²) in [5, 5.41) is 8.76. The van der Waals surface area contributed by atoms with E-state index in [1.807, 2.05) is 0 Å². The number of aliphatic hydroxyl groups excluding tert-OH is 1. The smallest absolute Gasteiger partial charge is 0.194 e. The minimum absolute atomic E-state index is 0.0509. The molecule has 0 aromatic carbocycles. The summed E-state index contributed by atoms with van der Waals surface area (Å²) in [5.74, 6) is 1.24. The lowest BCUT2D eigenvalue weighted by molar-refractivity contribution is 0.184. The lowest BCUT2D eigenvalue weighted by Gasteiger charge is -2.01. The Morgan fingerprint density at radius 1 is 1.62 bits per heavy atom. The van der Waals surface area contributed by atoms with E-state index in [-0.39, 0.29) is 6.61 Å². The molecule has 1 aliphatic heterocycles. The number of rotatable bonds is 3. The van der Waals surface area contributed by atoms with Crippen molar-refractivity contribution in [2.75, 3.05) is 13.2 Å². The molecule has 1 atom stereocenters. The number of aliphatic hydroxyl groups is 1. The average molecular weight is 183 g/mol. The Morgan fingerprint density at radius 2 is 2.54 bits per heavy atom. The van der Waals surface area contributed by atoms with Crippen molar-refractivity contribution >= 4 is 0 Å². The van der Waals surface area contributed by atoms with Gasteiger partial charge in [-0.2, -0.15) is 0 Å². The van der Waals surface area contributed by atoms with Gasteiger partial charge in [-0.1, -0.05) is 0 Å². The zero-order valence-electron chi connectivity index (χ0n) is 7.40. The predicted octanol–water partition coefficient (Wildman–Crippen LogP) is 0.746. The highest BCUT2D eigenvalue weighted by molar-refractivity contribution is 4.95. The van der Waals surface area contributed by atoms with Crippen LogP contribution in [0.1, 0.15) is 18.0 Å². The van der Waals surface area contributed by atoms with Gasteiger partial charge in [0.25, 0.3) is 0 Å². The summed E-state index contributed by atoms with van der Waals surface area (Å²) >= 11 is 0. The number of hydrogen-bond donors (Lipinski definition) is 1. The van der Waals surface area contributed by atoms with E-state index >= 15 is 0 Å². The molecular formula is C9H13NO3. The largest absolute Gasteiger partial charge is 0.449 e. The van der Waals surface area contributed by atoms with Gasteiger partial charge in [0.05, 0.1) is 6.61 Å². The van der Waals surface area contributed by atoms with Crippen LogP contribution in [0.5, 0.6) is 0 Å².